The minimum Gasteiger partial charge on any atom is -0.312 e. The van der Waals surface area contributed by atoms with Crippen LogP contribution in [-0.4, -0.2) is 21.9 Å². The highest BCUT2D eigenvalue weighted by Gasteiger charge is 2.19. The van der Waals surface area contributed by atoms with Crippen molar-refractivity contribution in [1.82, 2.24) is 15.1 Å². The second kappa shape index (κ2) is 5.00. The molecule has 1 rings (SSSR count). The molecule has 92 valence electrons. The molecule has 0 saturated carbocycles. The smallest absolute Gasteiger partial charge is 0.0492 e. The second-order valence-corrected chi connectivity index (χ2v) is 5.78. The van der Waals surface area contributed by atoms with Crippen molar-refractivity contribution >= 4 is 0 Å². The van der Waals surface area contributed by atoms with Crippen molar-refractivity contribution in [2.75, 3.05) is 6.54 Å². The average Bonchev–Trinajstić information content (AvgIpc) is 2.58. The fourth-order valence-corrected chi connectivity index (χ4v) is 1.77. The summed E-state index contributed by atoms with van der Waals surface area (Å²) in [5.41, 5.74) is 1.50. The summed E-state index contributed by atoms with van der Waals surface area (Å²) in [6, 6.07) is 2.11. The zero-order valence-corrected chi connectivity index (χ0v) is 11.4. The summed E-state index contributed by atoms with van der Waals surface area (Å²) in [5, 5.41) is 7.78. The highest BCUT2D eigenvalue weighted by molar-refractivity contribution is 5.07. The largest absolute Gasteiger partial charge is 0.312 e. The summed E-state index contributed by atoms with van der Waals surface area (Å²) in [7, 11) is 2.01. The molecule has 1 aromatic rings. The van der Waals surface area contributed by atoms with Gasteiger partial charge in [-0.25, -0.2) is 0 Å². The summed E-state index contributed by atoms with van der Waals surface area (Å²) in [5.74, 6) is 1.14. The first-order chi connectivity index (χ1) is 7.31. The molecular formula is C13H25N3. The van der Waals surface area contributed by atoms with Gasteiger partial charge < -0.3 is 5.32 Å². The zero-order valence-electron chi connectivity index (χ0n) is 11.4. The van der Waals surface area contributed by atoms with Crippen molar-refractivity contribution in [2.24, 2.45) is 13.0 Å². The van der Waals surface area contributed by atoms with E-state index in [-0.39, 0.29) is 5.54 Å². The van der Waals surface area contributed by atoms with Gasteiger partial charge >= 0.3 is 0 Å². The summed E-state index contributed by atoms with van der Waals surface area (Å²) in [6.45, 7) is 12.2. The third-order valence-corrected chi connectivity index (χ3v) is 3.13. The molecule has 0 amide bonds. The molecule has 0 radical (unpaired) electrons. The van der Waals surface area contributed by atoms with E-state index in [9.17, 15) is 0 Å². The molecule has 0 aliphatic heterocycles. The van der Waals surface area contributed by atoms with Crippen LogP contribution in [0.1, 0.15) is 46.2 Å². The Morgan fingerprint density at radius 2 is 2.00 bits per heavy atom. The van der Waals surface area contributed by atoms with E-state index in [1.165, 1.54) is 5.69 Å². The van der Waals surface area contributed by atoms with Gasteiger partial charge in [0.15, 0.2) is 0 Å². The Labute approximate surface area is 99.2 Å². The van der Waals surface area contributed by atoms with E-state index in [2.05, 4.69) is 51.1 Å². The van der Waals surface area contributed by atoms with Crippen LogP contribution in [0.5, 0.6) is 0 Å². The SMILES string of the molecule is CC(CNC(C)(C)C)C(C)c1ccnn1C. The maximum atomic E-state index is 4.23. The van der Waals surface area contributed by atoms with E-state index >= 15 is 0 Å². The lowest BCUT2D eigenvalue weighted by atomic mass is 9.92. The molecule has 16 heavy (non-hydrogen) atoms. The van der Waals surface area contributed by atoms with Crippen molar-refractivity contribution in [1.29, 1.82) is 0 Å². The van der Waals surface area contributed by atoms with Crippen LogP contribution in [0.15, 0.2) is 12.3 Å². The zero-order chi connectivity index (χ0) is 12.3. The van der Waals surface area contributed by atoms with Gasteiger partial charge in [-0.15, -0.1) is 0 Å². The van der Waals surface area contributed by atoms with Crippen LogP contribution < -0.4 is 5.32 Å². The van der Waals surface area contributed by atoms with Crippen molar-refractivity contribution in [3.63, 3.8) is 0 Å². The van der Waals surface area contributed by atoms with Crippen LogP contribution in [0.25, 0.3) is 0 Å². The molecular weight excluding hydrogens is 198 g/mol. The monoisotopic (exact) mass is 223 g/mol. The first-order valence-corrected chi connectivity index (χ1v) is 6.04. The predicted molar refractivity (Wildman–Crippen MR) is 68.5 cm³/mol. The van der Waals surface area contributed by atoms with Crippen LogP contribution in [0.3, 0.4) is 0 Å². The number of aryl methyl sites for hydroxylation is 1. The van der Waals surface area contributed by atoms with E-state index < -0.39 is 0 Å². The Hall–Kier alpha value is -0.830. The average molecular weight is 223 g/mol. The summed E-state index contributed by atoms with van der Waals surface area (Å²) >= 11 is 0. The quantitative estimate of drug-likeness (QED) is 0.850. The second-order valence-electron chi connectivity index (χ2n) is 5.78. The molecule has 0 aliphatic rings. The minimum absolute atomic E-state index is 0.195. The molecule has 0 bridgehead atoms. The van der Waals surface area contributed by atoms with Gasteiger partial charge in [0.2, 0.25) is 0 Å². The van der Waals surface area contributed by atoms with Crippen LogP contribution in [0.2, 0.25) is 0 Å². The van der Waals surface area contributed by atoms with E-state index in [0.717, 1.165) is 6.54 Å². The summed E-state index contributed by atoms with van der Waals surface area (Å²) < 4.78 is 1.97. The van der Waals surface area contributed by atoms with Crippen molar-refractivity contribution in [3.05, 3.63) is 18.0 Å². The molecule has 2 unspecified atom stereocenters. The van der Waals surface area contributed by atoms with Crippen LogP contribution in [-0.2, 0) is 7.05 Å². The molecule has 2 atom stereocenters. The number of hydrogen-bond acceptors (Lipinski definition) is 2. The van der Waals surface area contributed by atoms with Crippen molar-refractivity contribution in [3.8, 4) is 0 Å². The number of nitrogens with zero attached hydrogens (tertiary/aromatic N) is 2. The van der Waals surface area contributed by atoms with Gasteiger partial charge in [0.05, 0.1) is 0 Å². The van der Waals surface area contributed by atoms with E-state index in [4.69, 9.17) is 0 Å². The Kier molecular flexibility index (Phi) is 4.14. The van der Waals surface area contributed by atoms with Gasteiger partial charge in [0.1, 0.15) is 0 Å². The Morgan fingerprint density at radius 3 is 2.44 bits per heavy atom. The molecule has 0 fully saturated rings. The Morgan fingerprint density at radius 1 is 1.38 bits per heavy atom. The van der Waals surface area contributed by atoms with Crippen molar-refractivity contribution in [2.45, 2.75) is 46.1 Å². The lowest BCUT2D eigenvalue weighted by Gasteiger charge is -2.26. The fraction of sp³-hybridized carbons (Fsp3) is 0.769. The molecule has 1 heterocycles. The molecule has 3 heteroatoms. The number of hydrogen-bond donors (Lipinski definition) is 1. The third kappa shape index (κ3) is 3.63. The van der Waals surface area contributed by atoms with Gasteiger partial charge in [-0.05, 0) is 39.3 Å². The van der Waals surface area contributed by atoms with Crippen LogP contribution in [0.4, 0.5) is 0 Å². The van der Waals surface area contributed by atoms with Crippen LogP contribution >= 0.6 is 0 Å². The van der Waals surface area contributed by atoms with Crippen molar-refractivity contribution < 1.29 is 0 Å². The fourth-order valence-electron chi connectivity index (χ4n) is 1.77. The molecule has 1 N–H and O–H groups in total. The highest BCUT2D eigenvalue weighted by atomic mass is 15.3. The maximum absolute atomic E-state index is 4.23. The number of rotatable bonds is 4. The number of aromatic nitrogens is 2. The first kappa shape index (κ1) is 13.2. The van der Waals surface area contributed by atoms with Gasteiger partial charge in [-0.2, -0.15) is 5.10 Å². The molecule has 3 nitrogen and oxygen atoms in total. The third-order valence-electron chi connectivity index (χ3n) is 3.13. The standard InChI is InChI=1S/C13H25N3/c1-10(9-14-13(3,4)5)11(2)12-7-8-15-16(12)6/h7-8,10-11,14H,9H2,1-6H3. The normalized spacial score (nSPS) is 16.1. The molecule has 0 aromatic carbocycles. The minimum atomic E-state index is 0.195. The predicted octanol–water partition coefficient (Wildman–Crippen LogP) is 2.55. The summed E-state index contributed by atoms with van der Waals surface area (Å²) in [4.78, 5) is 0. The Balaban J connectivity index is 2.55. The van der Waals surface area contributed by atoms with Gasteiger partial charge in [-0.1, -0.05) is 13.8 Å². The lowest BCUT2D eigenvalue weighted by Crippen LogP contribution is -2.39. The van der Waals surface area contributed by atoms with Gasteiger partial charge in [-0.3, -0.25) is 4.68 Å². The molecule has 0 spiro atoms. The molecule has 1 aromatic heterocycles. The van der Waals surface area contributed by atoms with E-state index in [1.54, 1.807) is 0 Å². The first-order valence-electron chi connectivity index (χ1n) is 6.04. The highest BCUT2D eigenvalue weighted by Crippen LogP contribution is 2.23. The number of nitrogens with one attached hydrogen (secondary N) is 1. The van der Waals surface area contributed by atoms with E-state index in [0.29, 0.717) is 11.8 Å². The molecule has 0 aliphatic carbocycles. The lowest BCUT2D eigenvalue weighted by molar-refractivity contribution is 0.353. The maximum Gasteiger partial charge on any atom is 0.0492 e. The summed E-state index contributed by atoms with van der Waals surface area (Å²) in [6.07, 6.45) is 1.87. The van der Waals surface area contributed by atoms with Crippen LogP contribution in [0, 0.1) is 5.92 Å². The van der Waals surface area contributed by atoms with Gasteiger partial charge in [0.25, 0.3) is 0 Å². The van der Waals surface area contributed by atoms with Gasteiger partial charge in [0, 0.05) is 30.4 Å². The topological polar surface area (TPSA) is 29.9 Å². The molecule has 0 saturated heterocycles. The van der Waals surface area contributed by atoms with E-state index in [1.807, 2.05) is 17.9 Å². The Bertz CT molecular complexity index is 322.